The number of aliphatic imine (C=N–C) groups is 1. The second kappa shape index (κ2) is 8.62. The van der Waals surface area contributed by atoms with E-state index in [1.54, 1.807) is 19.2 Å². The first kappa shape index (κ1) is 19.7. The lowest BCUT2D eigenvalue weighted by Gasteiger charge is -2.35. The van der Waals surface area contributed by atoms with E-state index in [9.17, 15) is 12.8 Å². The average molecular weight is 371 g/mol. The van der Waals surface area contributed by atoms with Crippen molar-refractivity contribution in [1.29, 1.82) is 0 Å². The van der Waals surface area contributed by atoms with Crippen molar-refractivity contribution in [2.24, 2.45) is 4.99 Å². The molecular weight excluding hydrogens is 345 g/mol. The van der Waals surface area contributed by atoms with Crippen LogP contribution in [0.5, 0.6) is 0 Å². The van der Waals surface area contributed by atoms with Crippen LogP contribution in [0, 0.1) is 5.82 Å². The van der Waals surface area contributed by atoms with Crippen LogP contribution in [0.1, 0.15) is 18.4 Å². The number of sulfone groups is 1. The molecule has 0 atom stereocenters. The molecule has 6 nitrogen and oxygen atoms in total. The number of hydrogen-bond acceptors (Lipinski definition) is 4. The van der Waals surface area contributed by atoms with Crippen LogP contribution < -0.4 is 10.6 Å². The molecule has 1 aliphatic heterocycles. The number of halogens is 1. The molecule has 0 radical (unpaired) electrons. The van der Waals surface area contributed by atoms with Crippen LogP contribution >= 0.6 is 0 Å². The predicted molar refractivity (Wildman–Crippen MR) is 97.1 cm³/mol. The molecule has 2 N–H and O–H groups in total. The van der Waals surface area contributed by atoms with E-state index in [1.165, 1.54) is 18.4 Å². The molecule has 1 aromatic rings. The van der Waals surface area contributed by atoms with Crippen LogP contribution in [0.3, 0.4) is 0 Å². The van der Waals surface area contributed by atoms with Gasteiger partial charge in [0.1, 0.15) is 5.82 Å². The summed E-state index contributed by atoms with van der Waals surface area (Å²) in [5.74, 6) is 0.299. The van der Waals surface area contributed by atoms with E-state index in [4.69, 9.17) is 4.74 Å². The van der Waals surface area contributed by atoms with Gasteiger partial charge in [-0.15, -0.1) is 0 Å². The zero-order chi connectivity index (χ0) is 18.3. The summed E-state index contributed by atoms with van der Waals surface area (Å²) in [7, 11) is -1.58. The highest BCUT2D eigenvalue weighted by atomic mass is 32.2. The van der Waals surface area contributed by atoms with Gasteiger partial charge in [-0.3, -0.25) is 4.99 Å². The molecule has 1 heterocycles. The smallest absolute Gasteiger partial charge is 0.191 e. The van der Waals surface area contributed by atoms with Crippen LogP contribution in [-0.4, -0.2) is 58.7 Å². The van der Waals surface area contributed by atoms with E-state index in [2.05, 4.69) is 15.6 Å². The van der Waals surface area contributed by atoms with Gasteiger partial charge < -0.3 is 15.4 Å². The molecule has 0 spiro atoms. The molecule has 1 aliphatic rings. The molecule has 1 saturated heterocycles. The van der Waals surface area contributed by atoms with Crippen molar-refractivity contribution in [3.05, 3.63) is 35.6 Å². The van der Waals surface area contributed by atoms with Gasteiger partial charge in [0.25, 0.3) is 0 Å². The zero-order valence-corrected chi connectivity index (χ0v) is 15.5. The summed E-state index contributed by atoms with van der Waals surface area (Å²) in [6.07, 6.45) is 2.95. The summed E-state index contributed by atoms with van der Waals surface area (Å²) >= 11 is 0. The summed E-state index contributed by atoms with van der Waals surface area (Å²) in [6.45, 7) is 1.81. The number of nitrogens with zero attached hydrogens (tertiary/aromatic N) is 1. The third-order valence-corrected chi connectivity index (χ3v) is 6.74. The Labute approximate surface area is 148 Å². The van der Waals surface area contributed by atoms with Crippen molar-refractivity contribution in [2.75, 3.05) is 39.6 Å². The van der Waals surface area contributed by atoms with Gasteiger partial charge in [-0.05, 0) is 37.0 Å². The molecule has 8 heteroatoms. The fraction of sp³-hybridized carbons (Fsp3) is 0.588. The van der Waals surface area contributed by atoms with Gasteiger partial charge in [-0.2, -0.15) is 0 Å². The summed E-state index contributed by atoms with van der Waals surface area (Å²) in [6, 6.07) is 6.36. The standard InChI is InChI=1S/C17H26FN3O3S/c1-19-16(20-10-7-14-3-5-15(18)6-4-14)21-13-17(25(2,22)23)8-11-24-12-9-17/h3-6H,7-13H2,1-2H3,(H2,19,20,21). The van der Waals surface area contributed by atoms with Crippen molar-refractivity contribution in [2.45, 2.75) is 24.0 Å². The molecule has 0 bridgehead atoms. The van der Waals surface area contributed by atoms with Crippen LogP contribution in [-0.2, 0) is 21.0 Å². The quantitative estimate of drug-likeness (QED) is 0.579. The highest BCUT2D eigenvalue weighted by Crippen LogP contribution is 2.28. The number of rotatable bonds is 6. The first-order chi connectivity index (χ1) is 11.9. The largest absolute Gasteiger partial charge is 0.381 e. The SMILES string of the molecule is CN=C(NCCc1ccc(F)cc1)NCC1(S(C)(=O)=O)CCOCC1. The minimum Gasteiger partial charge on any atom is -0.381 e. The Balaban J connectivity index is 1.87. The summed E-state index contributed by atoms with van der Waals surface area (Å²) in [4.78, 5) is 4.14. The second-order valence-corrected chi connectivity index (χ2v) is 8.71. The maximum atomic E-state index is 12.9. The maximum absolute atomic E-state index is 12.9. The first-order valence-corrected chi connectivity index (χ1v) is 10.2. The summed E-state index contributed by atoms with van der Waals surface area (Å²) in [5.41, 5.74) is 1.02. The van der Waals surface area contributed by atoms with Crippen LogP contribution in [0.2, 0.25) is 0 Å². The number of hydrogen-bond donors (Lipinski definition) is 2. The fourth-order valence-electron chi connectivity index (χ4n) is 2.86. The molecule has 25 heavy (non-hydrogen) atoms. The number of guanidine groups is 1. The van der Waals surface area contributed by atoms with Gasteiger partial charge in [0.2, 0.25) is 0 Å². The van der Waals surface area contributed by atoms with Crippen molar-refractivity contribution >= 4 is 15.8 Å². The lowest BCUT2D eigenvalue weighted by atomic mass is 9.99. The van der Waals surface area contributed by atoms with E-state index in [0.717, 1.165) is 5.56 Å². The van der Waals surface area contributed by atoms with Gasteiger partial charge in [-0.25, -0.2) is 12.8 Å². The molecule has 0 aromatic heterocycles. The topological polar surface area (TPSA) is 79.8 Å². The number of ether oxygens (including phenoxy) is 1. The fourth-order valence-corrected chi connectivity index (χ4v) is 4.11. The van der Waals surface area contributed by atoms with Crippen molar-refractivity contribution in [1.82, 2.24) is 10.6 Å². The zero-order valence-electron chi connectivity index (χ0n) is 14.7. The molecule has 2 rings (SSSR count). The van der Waals surface area contributed by atoms with E-state index in [-0.39, 0.29) is 5.82 Å². The average Bonchev–Trinajstić information content (AvgIpc) is 2.59. The predicted octanol–water partition coefficient (Wildman–Crippen LogP) is 1.13. The van der Waals surface area contributed by atoms with E-state index >= 15 is 0 Å². The van der Waals surface area contributed by atoms with Gasteiger partial charge in [0.05, 0.1) is 4.75 Å². The number of benzene rings is 1. The molecule has 0 amide bonds. The van der Waals surface area contributed by atoms with E-state index in [1.807, 2.05) is 0 Å². The molecule has 1 fully saturated rings. The minimum atomic E-state index is -3.22. The Bertz CT molecular complexity index is 684. The van der Waals surface area contributed by atoms with Gasteiger partial charge in [0, 0.05) is 39.6 Å². The number of nitrogens with one attached hydrogen (secondary N) is 2. The molecule has 0 unspecified atom stereocenters. The summed E-state index contributed by atoms with van der Waals surface area (Å²) < 4.78 is 41.9. The molecular formula is C17H26FN3O3S. The Morgan fingerprint density at radius 2 is 1.88 bits per heavy atom. The molecule has 0 saturated carbocycles. The Morgan fingerprint density at radius 3 is 2.44 bits per heavy atom. The van der Waals surface area contributed by atoms with Gasteiger partial charge in [-0.1, -0.05) is 12.1 Å². The Hall–Kier alpha value is -1.67. The lowest BCUT2D eigenvalue weighted by molar-refractivity contribution is 0.0756. The molecule has 140 valence electrons. The maximum Gasteiger partial charge on any atom is 0.191 e. The van der Waals surface area contributed by atoms with E-state index < -0.39 is 14.6 Å². The third-order valence-electron chi connectivity index (χ3n) is 4.61. The minimum absolute atomic E-state index is 0.253. The summed E-state index contributed by atoms with van der Waals surface area (Å²) in [5, 5.41) is 6.29. The van der Waals surface area contributed by atoms with Gasteiger partial charge in [0.15, 0.2) is 15.8 Å². The molecule has 0 aliphatic carbocycles. The van der Waals surface area contributed by atoms with Crippen LogP contribution in [0.25, 0.3) is 0 Å². The van der Waals surface area contributed by atoms with Crippen LogP contribution in [0.4, 0.5) is 4.39 Å². The Morgan fingerprint density at radius 1 is 1.24 bits per heavy atom. The third kappa shape index (κ3) is 5.40. The monoisotopic (exact) mass is 371 g/mol. The highest BCUT2D eigenvalue weighted by molar-refractivity contribution is 7.92. The Kier molecular flexibility index (Phi) is 6.78. The van der Waals surface area contributed by atoms with Gasteiger partial charge >= 0.3 is 0 Å². The first-order valence-electron chi connectivity index (χ1n) is 8.33. The van der Waals surface area contributed by atoms with Crippen LogP contribution in [0.15, 0.2) is 29.3 Å². The lowest BCUT2D eigenvalue weighted by Crippen LogP contribution is -2.53. The normalized spacial score (nSPS) is 18.0. The van der Waals surface area contributed by atoms with Crippen molar-refractivity contribution in [3.63, 3.8) is 0 Å². The second-order valence-electron chi connectivity index (χ2n) is 6.30. The van der Waals surface area contributed by atoms with Crippen molar-refractivity contribution < 1.29 is 17.5 Å². The van der Waals surface area contributed by atoms with Crippen molar-refractivity contribution in [3.8, 4) is 0 Å². The van der Waals surface area contributed by atoms with E-state index in [0.29, 0.717) is 51.5 Å². The molecule has 1 aromatic carbocycles. The highest BCUT2D eigenvalue weighted by Gasteiger charge is 2.42.